The van der Waals surface area contributed by atoms with Crippen molar-refractivity contribution in [2.45, 2.75) is 26.4 Å². The second-order valence-corrected chi connectivity index (χ2v) is 4.13. The molecule has 88 valence electrons. The predicted octanol–water partition coefficient (Wildman–Crippen LogP) is 1.43. The largest absolute Gasteiger partial charge is 0.368 e. The number of benzene rings is 1. The molecule has 16 heavy (non-hydrogen) atoms. The van der Waals surface area contributed by atoms with Gasteiger partial charge in [-0.25, -0.2) is 4.39 Å². The fourth-order valence-electron chi connectivity index (χ4n) is 1.54. The molecule has 0 radical (unpaired) electrons. The summed E-state index contributed by atoms with van der Waals surface area (Å²) in [4.78, 5) is 11.1. The van der Waals surface area contributed by atoms with Crippen LogP contribution in [-0.2, 0) is 11.3 Å². The molecule has 0 bridgehead atoms. The first kappa shape index (κ1) is 12.6. The third kappa shape index (κ3) is 3.62. The highest BCUT2D eigenvalue weighted by Gasteiger charge is 2.18. The summed E-state index contributed by atoms with van der Waals surface area (Å²) in [6.07, 6.45) is 0. The molecule has 1 unspecified atom stereocenters. The molecule has 0 saturated heterocycles. The maximum Gasteiger partial charge on any atom is 0.234 e. The molecule has 0 aliphatic rings. The Morgan fingerprint density at radius 2 is 2.19 bits per heavy atom. The van der Waals surface area contributed by atoms with Gasteiger partial charge in [-0.2, -0.15) is 0 Å². The van der Waals surface area contributed by atoms with Gasteiger partial charge in [-0.05, 0) is 23.6 Å². The van der Waals surface area contributed by atoms with Gasteiger partial charge in [0.1, 0.15) is 5.82 Å². The molecule has 0 spiro atoms. The molecule has 0 aromatic heterocycles. The van der Waals surface area contributed by atoms with Crippen LogP contribution in [0.3, 0.4) is 0 Å². The molecule has 3 N–H and O–H groups in total. The zero-order valence-corrected chi connectivity index (χ0v) is 9.53. The molecule has 0 fully saturated rings. The quantitative estimate of drug-likeness (QED) is 0.794. The number of carbonyl (C=O) groups excluding carboxylic acids is 1. The molecule has 3 nitrogen and oxygen atoms in total. The van der Waals surface area contributed by atoms with Crippen LogP contribution in [0, 0.1) is 11.7 Å². The summed E-state index contributed by atoms with van der Waals surface area (Å²) in [6.45, 7) is 4.26. The van der Waals surface area contributed by atoms with Crippen molar-refractivity contribution in [2.24, 2.45) is 11.7 Å². The average molecular weight is 224 g/mol. The number of hydrogen-bond donors (Lipinski definition) is 2. The van der Waals surface area contributed by atoms with Crippen molar-refractivity contribution in [1.82, 2.24) is 5.32 Å². The summed E-state index contributed by atoms with van der Waals surface area (Å²) in [5.41, 5.74) is 6.05. The van der Waals surface area contributed by atoms with Gasteiger partial charge < -0.3 is 11.1 Å². The number of nitrogens with two attached hydrogens (primary N) is 1. The first-order valence-corrected chi connectivity index (χ1v) is 5.28. The Hall–Kier alpha value is -1.42. The van der Waals surface area contributed by atoms with E-state index in [0.29, 0.717) is 6.54 Å². The number of rotatable bonds is 5. The van der Waals surface area contributed by atoms with Crippen molar-refractivity contribution >= 4 is 5.91 Å². The topological polar surface area (TPSA) is 55.1 Å². The molecule has 0 heterocycles. The Labute approximate surface area is 94.8 Å². The van der Waals surface area contributed by atoms with Gasteiger partial charge in [0, 0.05) is 6.54 Å². The van der Waals surface area contributed by atoms with Crippen molar-refractivity contribution in [3.05, 3.63) is 35.6 Å². The summed E-state index contributed by atoms with van der Waals surface area (Å²) in [7, 11) is 0. The summed E-state index contributed by atoms with van der Waals surface area (Å²) >= 11 is 0. The molecule has 1 atom stereocenters. The molecular formula is C12H17FN2O. The first-order valence-electron chi connectivity index (χ1n) is 5.28. The van der Waals surface area contributed by atoms with E-state index in [9.17, 15) is 9.18 Å². The van der Waals surface area contributed by atoms with Crippen LogP contribution in [0.15, 0.2) is 24.3 Å². The first-order chi connectivity index (χ1) is 7.50. The smallest absolute Gasteiger partial charge is 0.234 e. The Morgan fingerprint density at radius 1 is 1.50 bits per heavy atom. The summed E-state index contributed by atoms with van der Waals surface area (Å²) in [5.74, 6) is -0.545. The maximum absolute atomic E-state index is 12.9. The lowest BCUT2D eigenvalue weighted by molar-refractivity contribution is -0.121. The molecule has 1 amide bonds. The summed E-state index contributed by atoms with van der Waals surface area (Å²) in [6, 6.07) is 5.88. The monoisotopic (exact) mass is 224 g/mol. The van der Waals surface area contributed by atoms with Gasteiger partial charge in [0.25, 0.3) is 0 Å². The molecule has 4 heteroatoms. The number of primary amides is 1. The minimum Gasteiger partial charge on any atom is -0.368 e. The summed E-state index contributed by atoms with van der Waals surface area (Å²) < 4.78 is 12.9. The number of carbonyl (C=O) groups is 1. The molecule has 1 rings (SSSR count). The average Bonchev–Trinajstić information content (AvgIpc) is 2.16. The Morgan fingerprint density at radius 3 is 2.69 bits per heavy atom. The van der Waals surface area contributed by atoms with E-state index in [0.717, 1.165) is 5.56 Å². The number of hydrogen-bond acceptors (Lipinski definition) is 2. The normalized spacial score (nSPS) is 12.8. The van der Waals surface area contributed by atoms with Crippen LogP contribution in [-0.4, -0.2) is 11.9 Å². The van der Waals surface area contributed by atoms with Crippen LogP contribution in [0.5, 0.6) is 0 Å². The molecule has 0 aliphatic heterocycles. The second kappa shape index (κ2) is 5.61. The Balaban J connectivity index is 2.59. The molecule has 0 saturated carbocycles. The van der Waals surface area contributed by atoms with Crippen molar-refractivity contribution in [2.75, 3.05) is 0 Å². The third-order valence-electron chi connectivity index (χ3n) is 2.39. The Kier molecular flexibility index (Phi) is 4.43. The second-order valence-electron chi connectivity index (χ2n) is 4.13. The highest BCUT2D eigenvalue weighted by molar-refractivity contribution is 5.80. The fraction of sp³-hybridized carbons (Fsp3) is 0.417. The number of nitrogens with one attached hydrogen (secondary N) is 1. The van der Waals surface area contributed by atoms with E-state index in [4.69, 9.17) is 5.73 Å². The van der Waals surface area contributed by atoms with Crippen molar-refractivity contribution in [1.29, 1.82) is 0 Å². The van der Waals surface area contributed by atoms with Gasteiger partial charge in [0.15, 0.2) is 0 Å². The standard InChI is InChI=1S/C12H17FN2O/c1-8(2)11(12(14)16)15-7-9-4-3-5-10(13)6-9/h3-6,8,11,15H,7H2,1-2H3,(H2,14,16). The molecular weight excluding hydrogens is 207 g/mol. The zero-order chi connectivity index (χ0) is 12.1. The van der Waals surface area contributed by atoms with Gasteiger partial charge in [-0.1, -0.05) is 26.0 Å². The maximum atomic E-state index is 12.9. The minimum absolute atomic E-state index is 0.117. The van der Waals surface area contributed by atoms with E-state index < -0.39 is 0 Å². The van der Waals surface area contributed by atoms with E-state index in [1.165, 1.54) is 12.1 Å². The van der Waals surface area contributed by atoms with E-state index in [2.05, 4.69) is 5.32 Å². The van der Waals surface area contributed by atoms with E-state index in [-0.39, 0.29) is 23.7 Å². The lowest BCUT2D eigenvalue weighted by Gasteiger charge is -2.18. The van der Waals surface area contributed by atoms with Crippen LogP contribution in [0.2, 0.25) is 0 Å². The lowest BCUT2D eigenvalue weighted by atomic mass is 10.0. The van der Waals surface area contributed by atoms with Crippen LogP contribution in [0.4, 0.5) is 4.39 Å². The van der Waals surface area contributed by atoms with E-state index >= 15 is 0 Å². The van der Waals surface area contributed by atoms with Gasteiger partial charge in [-0.3, -0.25) is 4.79 Å². The third-order valence-corrected chi connectivity index (χ3v) is 2.39. The van der Waals surface area contributed by atoms with E-state index in [1.807, 2.05) is 13.8 Å². The van der Waals surface area contributed by atoms with Crippen molar-refractivity contribution in [3.8, 4) is 0 Å². The van der Waals surface area contributed by atoms with Crippen molar-refractivity contribution < 1.29 is 9.18 Å². The predicted molar refractivity (Wildman–Crippen MR) is 61.1 cm³/mol. The van der Waals surface area contributed by atoms with Gasteiger partial charge in [-0.15, -0.1) is 0 Å². The molecule has 1 aromatic carbocycles. The lowest BCUT2D eigenvalue weighted by Crippen LogP contribution is -2.44. The van der Waals surface area contributed by atoms with Gasteiger partial charge >= 0.3 is 0 Å². The highest BCUT2D eigenvalue weighted by Crippen LogP contribution is 2.06. The van der Waals surface area contributed by atoms with Gasteiger partial charge in [0.05, 0.1) is 6.04 Å². The van der Waals surface area contributed by atoms with Crippen molar-refractivity contribution in [3.63, 3.8) is 0 Å². The SMILES string of the molecule is CC(C)C(NCc1cccc(F)c1)C(N)=O. The zero-order valence-electron chi connectivity index (χ0n) is 9.53. The number of amides is 1. The molecule has 1 aromatic rings. The van der Waals surface area contributed by atoms with E-state index in [1.54, 1.807) is 12.1 Å². The van der Waals surface area contributed by atoms with Crippen LogP contribution < -0.4 is 11.1 Å². The Bertz CT molecular complexity index is 366. The van der Waals surface area contributed by atoms with Crippen LogP contribution >= 0.6 is 0 Å². The highest BCUT2D eigenvalue weighted by atomic mass is 19.1. The molecule has 0 aliphatic carbocycles. The fourth-order valence-corrected chi connectivity index (χ4v) is 1.54. The van der Waals surface area contributed by atoms with Crippen LogP contribution in [0.25, 0.3) is 0 Å². The minimum atomic E-state index is -0.386. The van der Waals surface area contributed by atoms with Crippen LogP contribution in [0.1, 0.15) is 19.4 Å². The van der Waals surface area contributed by atoms with Gasteiger partial charge in [0.2, 0.25) is 5.91 Å². The summed E-state index contributed by atoms with van der Waals surface area (Å²) in [5, 5.41) is 3.02. The number of halogens is 1.